The van der Waals surface area contributed by atoms with Crippen molar-refractivity contribution in [3.63, 3.8) is 0 Å². The molecule has 0 fully saturated rings. The smallest absolute Gasteiger partial charge is 0.338 e. The van der Waals surface area contributed by atoms with Crippen LogP contribution in [0.2, 0.25) is 5.02 Å². The SMILES string of the molecule is CNS(=O)(=O)c1cccc(C(=O)OCc2c(F)cccc2Cl)c1. The summed E-state index contributed by atoms with van der Waals surface area (Å²) in [6.07, 6.45) is 0. The molecular weight excluding hydrogens is 345 g/mol. The molecule has 0 bridgehead atoms. The first kappa shape index (κ1) is 17.4. The molecule has 1 N–H and O–H groups in total. The van der Waals surface area contributed by atoms with Gasteiger partial charge in [-0.05, 0) is 37.4 Å². The third-order valence-corrected chi connectivity index (χ3v) is 4.82. The molecule has 2 aromatic carbocycles. The summed E-state index contributed by atoms with van der Waals surface area (Å²) in [5.74, 6) is -1.37. The molecule has 0 unspecified atom stereocenters. The average molecular weight is 358 g/mol. The van der Waals surface area contributed by atoms with Crippen LogP contribution in [0.3, 0.4) is 0 Å². The Balaban J connectivity index is 2.17. The van der Waals surface area contributed by atoms with E-state index >= 15 is 0 Å². The Bertz CT molecular complexity index is 819. The lowest BCUT2D eigenvalue weighted by Crippen LogP contribution is -2.19. The van der Waals surface area contributed by atoms with E-state index in [2.05, 4.69) is 4.72 Å². The summed E-state index contributed by atoms with van der Waals surface area (Å²) in [4.78, 5) is 11.9. The number of ether oxygens (including phenoxy) is 1. The van der Waals surface area contributed by atoms with E-state index in [0.29, 0.717) is 0 Å². The number of hydrogen-bond donors (Lipinski definition) is 1. The Labute approximate surface area is 138 Å². The number of rotatable bonds is 5. The highest BCUT2D eigenvalue weighted by atomic mass is 35.5. The highest BCUT2D eigenvalue weighted by Crippen LogP contribution is 2.20. The molecule has 0 saturated carbocycles. The van der Waals surface area contributed by atoms with Crippen molar-refractivity contribution in [2.24, 2.45) is 0 Å². The second-order valence-electron chi connectivity index (χ2n) is 4.51. The molecule has 0 aromatic heterocycles. The van der Waals surface area contributed by atoms with Gasteiger partial charge in [-0.15, -0.1) is 0 Å². The van der Waals surface area contributed by atoms with Crippen molar-refractivity contribution < 1.29 is 22.3 Å². The molecule has 5 nitrogen and oxygen atoms in total. The third-order valence-electron chi connectivity index (χ3n) is 3.06. The minimum absolute atomic E-state index is 0.0359. The van der Waals surface area contributed by atoms with Crippen LogP contribution in [0.25, 0.3) is 0 Å². The number of carbonyl (C=O) groups excluding carboxylic acids is 1. The molecule has 23 heavy (non-hydrogen) atoms. The van der Waals surface area contributed by atoms with Crippen LogP contribution in [0.5, 0.6) is 0 Å². The Hall–Kier alpha value is -1.96. The quantitative estimate of drug-likeness (QED) is 0.835. The summed E-state index contributed by atoms with van der Waals surface area (Å²) in [6, 6.07) is 9.46. The predicted molar refractivity (Wildman–Crippen MR) is 83.2 cm³/mol. The van der Waals surface area contributed by atoms with Crippen LogP contribution in [-0.2, 0) is 21.4 Å². The molecule has 0 spiro atoms. The number of esters is 1. The van der Waals surface area contributed by atoms with Crippen molar-refractivity contribution in [3.8, 4) is 0 Å². The maximum atomic E-state index is 13.6. The molecule has 0 aliphatic rings. The lowest BCUT2D eigenvalue weighted by molar-refractivity contribution is 0.0469. The summed E-state index contributed by atoms with van der Waals surface area (Å²) in [7, 11) is -2.41. The Morgan fingerprint density at radius 3 is 2.61 bits per heavy atom. The van der Waals surface area contributed by atoms with Gasteiger partial charge < -0.3 is 4.74 Å². The van der Waals surface area contributed by atoms with Crippen molar-refractivity contribution >= 4 is 27.6 Å². The van der Waals surface area contributed by atoms with E-state index in [-0.39, 0.29) is 27.7 Å². The largest absolute Gasteiger partial charge is 0.457 e. The zero-order valence-corrected chi connectivity index (χ0v) is 13.6. The van der Waals surface area contributed by atoms with E-state index in [1.54, 1.807) is 0 Å². The highest BCUT2D eigenvalue weighted by molar-refractivity contribution is 7.89. The second-order valence-corrected chi connectivity index (χ2v) is 6.81. The second kappa shape index (κ2) is 7.08. The Morgan fingerprint density at radius 1 is 1.26 bits per heavy atom. The highest BCUT2D eigenvalue weighted by Gasteiger charge is 2.16. The van der Waals surface area contributed by atoms with Crippen LogP contribution >= 0.6 is 11.6 Å². The molecule has 0 aliphatic heterocycles. The van der Waals surface area contributed by atoms with Gasteiger partial charge in [-0.25, -0.2) is 22.3 Å². The van der Waals surface area contributed by atoms with Crippen LogP contribution < -0.4 is 4.72 Å². The topological polar surface area (TPSA) is 72.5 Å². The number of hydrogen-bond acceptors (Lipinski definition) is 4. The molecule has 0 radical (unpaired) electrons. The van der Waals surface area contributed by atoms with Gasteiger partial charge in [-0.1, -0.05) is 23.7 Å². The number of nitrogens with one attached hydrogen (secondary N) is 1. The normalized spacial score (nSPS) is 11.3. The molecular formula is C15H13ClFNO4S. The standard InChI is InChI=1S/C15H13ClFNO4S/c1-18-23(20,21)11-5-2-4-10(8-11)15(19)22-9-12-13(16)6-3-7-14(12)17/h2-8,18H,9H2,1H3. The molecule has 0 heterocycles. The van der Waals surface area contributed by atoms with Gasteiger partial charge in [0.25, 0.3) is 0 Å². The van der Waals surface area contributed by atoms with Crippen molar-refractivity contribution in [2.45, 2.75) is 11.5 Å². The van der Waals surface area contributed by atoms with Crippen LogP contribution in [-0.4, -0.2) is 21.4 Å². The van der Waals surface area contributed by atoms with E-state index in [9.17, 15) is 17.6 Å². The zero-order chi connectivity index (χ0) is 17.0. The molecule has 2 aromatic rings. The zero-order valence-electron chi connectivity index (χ0n) is 12.0. The van der Waals surface area contributed by atoms with Crippen molar-refractivity contribution in [2.75, 3.05) is 7.05 Å². The van der Waals surface area contributed by atoms with Gasteiger partial charge in [0.2, 0.25) is 10.0 Å². The van der Waals surface area contributed by atoms with Crippen LogP contribution in [0, 0.1) is 5.82 Å². The van der Waals surface area contributed by atoms with Gasteiger partial charge in [-0.3, -0.25) is 0 Å². The predicted octanol–water partition coefficient (Wildman–Crippen LogP) is 2.74. The first-order chi connectivity index (χ1) is 10.8. The molecule has 0 aliphatic carbocycles. The molecule has 122 valence electrons. The summed E-state index contributed by atoms with van der Waals surface area (Å²) in [5.41, 5.74) is 0.0929. The molecule has 2 rings (SSSR count). The van der Waals surface area contributed by atoms with E-state index in [1.807, 2.05) is 0 Å². The van der Waals surface area contributed by atoms with Crippen LogP contribution in [0.1, 0.15) is 15.9 Å². The fourth-order valence-corrected chi connectivity index (χ4v) is 2.79. The molecule has 0 amide bonds. The summed E-state index contributed by atoms with van der Waals surface area (Å²) in [5, 5.41) is 0.143. The Kier molecular flexibility index (Phi) is 5.35. The maximum absolute atomic E-state index is 13.6. The van der Waals surface area contributed by atoms with Gasteiger partial charge in [0.15, 0.2) is 0 Å². The Morgan fingerprint density at radius 2 is 1.96 bits per heavy atom. The minimum atomic E-state index is -3.67. The van der Waals surface area contributed by atoms with Gasteiger partial charge >= 0.3 is 5.97 Å². The molecule has 0 saturated heterocycles. The van der Waals surface area contributed by atoms with E-state index in [4.69, 9.17) is 16.3 Å². The fraction of sp³-hybridized carbons (Fsp3) is 0.133. The van der Waals surface area contributed by atoms with Crippen LogP contribution in [0.4, 0.5) is 4.39 Å². The van der Waals surface area contributed by atoms with Crippen molar-refractivity contribution in [3.05, 3.63) is 64.4 Å². The van der Waals surface area contributed by atoms with Gasteiger partial charge in [0.05, 0.1) is 15.5 Å². The first-order valence-corrected chi connectivity index (χ1v) is 8.35. The number of carbonyl (C=O) groups is 1. The maximum Gasteiger partial charge on any atom is 0.338 e. The lowest BCUT2D eigenvalue weighted by atomic mass is 10.2. The third kappa shape index (κ3) is 4.07. The van der Waals surface area contributed by atoms with Crippen molar-refractivity contribution in [1.29, 1.82) is 0 Å². The van der Waals surface area contributed by atoms with E-state index in [0.717, 1.165) is 0 Å². The van der Waals surface area contributed by atoms with E-state index in [1.165, 1.54) is 49.5 Å². The minimum Gasteiger partial charge on any atom is -0.457 e. The number of benzene rings is 2. The van der Waals surface area contributed by atoms with Gasteiger partial charge in [0, 0.05) is 5.56 Å². The summed E-state index contributed by atoms with van der Waals surface area (Å²) < 4.78 is 44.2. The fourth-order valence-electron chi connectivity index (χ4n) is 1.80. The average Bonchev–Trinajstić information content (AvgIpc) is 2.54. The van der Waals surface area contributed by atoms with E-state index < -0.39 is 21.8 Å². The molecule has 8 heteroatoms. The van der Waals surface area contributed by atoms with Gasteiger partial charge in [-0.2, -0.15) is 0 Å². The summed E-state index contributed by atoms with van der Waals surface area (Å²) in [6.45, 7) is -0.354. The van der Waals surface area contributed by atoms with Crippen molar-refractivity contribution in [1.82, 2.24) is 4.72 Å². The van der Waals surface area contributed by atoms with Crippen LogP contribution in [0.15, 0.2) is 47.4 Å². The number of halogens is 2. The first-order valence-electron chi connectivity index (χ1n) is 6.49. The monoisotopic (exact) mass is 357 g/mol. The van der Waals surface area contributed by atoms with Gasteiger partial charge in [0.1, 0.15) is 12.4 Å². The summed E-state index contributed by atoms with van der Waals surface area (Å²) >= 11 is 5.84. The number of sulfonamides is 1. The molecule has 0 atom stereocenters. The lowest BCUT2D eigenvalue weighted by Gasteiger charge is -2.08.